The largest absolute Gasteiger partial charge is 0.394 e. The maximum atomic E-state index is 15.7. The molecule has 0 bridgehead atoms. The summed E-state index contributed by atoms with van der Waals surface area (Å²) < 4.78 is 22.5. The molecule has 1 fully saturated rings. The van der Waals surface area contributed by atoms with E-state index in [0.717, 1.165) is 5.56 Å². The van der Waals surface area contributed by atoms with Crippen molar-refractivity contribution in [2.75, 3.05) is 36.9 Å². The van der Waals surface area contributed by atoms with Gasteiger partial charge in [0, 0.05) is 48.7 Å². The van der Waals surface area contributed by atoms with Crippen LogP contribution in [0.25, 0.3) is 11.3 Å². The monoisotopic (exact) mass is 613 g/mol. The molecular weight excluding hydrogens is 577 g/mol. The Kier molecular flexibility index (Phi) is 9.12. The van der Waals surface area contributed by atoms with Gasteiger partial charge in [0.25, 0.3) is 17.4 Å². The van der Waals surface area contributed by atoms with Crippen LogP contribution in [0.2, 0.25) is 0 Å². The number of nitrogens with one attached hydrogen (secondary N) is 2. The summed E-state index contributed by atoms with van der Waals surface area (Å²) in [6.45, 7) is 7.15. The minimum absolute atomic E-state index is 0.0200. The third-order valence-corrected chi connectivity index (χ3v) is 7.63. The Morgan fingerprint density at radius 1 is 1.04 bits per heavy atom. The van der Waals surface area contributed by atoms with E-state index in [2.05, 4.69) is 36.4 Å². The molecule has 0 spiro atoms. The van der Waals surface area contributed by atoms with E-state index < -0.39 is 23.4 Å². The highest BCUT2D eigenvalue weighted by Gasteiger charge is 2.25. The number of hydrogen-bond acceptors (Lipinski definition) is 7. The van der Waals surface area contributed by atoms with Crippen molar-refractivity contribution in [3.8, 4) is 11.3 Å². The maximum absolute atomic E-state index is 15.7. The van der Waals surface area contributed by atoms with Crippen LogP contribution in [0.15, 0.2) is 77.7 Å². The van der Waals surface area contributed by atoms with Crippen molar-refractivity contribution < 1.29 is 23.8 Å². The quantitative estimate of drug-likeness (QED) is 0.276. The maximum Gasteiger partial charge on any atom is 0.293 e. The summed E-state index contributed by atoms with van der Waals surface area (Å²) in [4.78, 5) is 44.8. The first kappa shape index (κ1) is 31.6. The van der Waals surface area contributed by atoms with E-state index in [9.17, 15) is 19.5 Å². The first-order chi connectivity index (χ1) is 21.4. The lowest BCUT2D eigenvalue weighted by molar-refractivity contribution is -0.0447. The van der Waals surface area contributed by atoms with E-state index in [0.29, 0.717) is 36.5 Å². The van der Waals surface area contributed by atoms with Gasteiger partial charge in [-0.3, -0.25) is 14.4 Å². The number of carbonyl (C=O) groups excluding carboxylic acids is 2. The van der Waals surface area contributed by atoms with Crippen LogP contribution < -0.4 is 16.2 Å². The van der Waals surface area contributed by atoms with Gasteiger partial charge in [-0.2, -0.15) is 0 Å². The number of aryl methyl sites for hydroxylation is 1. The molecule has 2 amide bonds. The average molecular weight is 614 g/mol. The van der Waals surface area contributed by atoms with Gasteiger partial charge < -0.3 is 29.9 Å². The topological polar surface area (TPSA) is 126 Å². The first-order valence-electron chi connectivity index (χ1n) is 14.6. The second-order valence-corrected chi connectivity index (χ2v) is 12.0. The lowest BCUT2D eigenvalue weighted by atomic mass is 9.87. The molecule has 1 unspecified atom stereocenters. The predicted octanol–water partition coefficient (Wildman–Crippen LogP) is 4.71. The van der Waals surface area contributed by atoms with Crippen LogP contribution in [0, 0.1) is 5.82 Å². The highest BCUT2D eigenvalue weighted by Crippen LogP contribution is 2.28. The van der Waals surface area contributed by atoms with Gasteiger partial charge in [-0.1, -0.05) is 39.0 Å². The van der Waals surface area contributed by atoms with Crippen LogP contribution in [0.5, 0.6) is 0 Å². The number of nitrogens with zero attached hydrogens (tertiary/aromatic N) is 3. The van der Waals surface area contributed by atoms with Crippen molar-refractivity contribution in [3.63, 3.8) is 0 Å². The Balaban J connectivity index is 1.34. The van der Waals surface area contributed by atoms with Gasteiger partial charge in [-0.05, 0) is 59.5 Å². The fraction of sp³-hybridized carbons (Fsp3) is 0.294. The van der Waals surface area contributed by atoms with Crippen molar-refractivity contribution >= 4 is 29.0 Å². The van der Waals surface area contributed by atoms with Gasteiger partial charge in [-0.25, -0.2) is 9.37 Å². The molecule has 3 aromatic carbocycles. The molecule has 45 heavy (non-hydrogen) atoms. The second-order valence-electron chi connectivity index (χ2n) is 12.0. The minimum atomic E-state index is -0.691. The van der Waals surface area contributed by atoms with Crippen molar-refractivity contribution in [1.29, 1.82) is 0 Å². The average Bonchev–Trinajstić information content (AvgIpc) is 3.03. The van der Waals surface area contributed by atoms with Crippen LogP contribution in [0.4, 0.5) is 21.6 Å². The normalized spacial score (nSPS) is 15.1. The molecule has 1 saturated heterocycles. The van der Waals surface area contributed by atoms with Gasteiger partial charge in [-0.15, -0.1) is 0 Å². The highest BCUT2D eigenvalue weighted by molar-refractivity contribution is 6.04. The van der Waals surface area contributed by atoms with Crippen molar-refractivity contribution in [2.24, 2.45) is 7.05 Å². The summed E-state index contributed by atoms with van der Waals surface area (Å²) in [7, 11) is 1.53. The number of anilines is 3. The number of ether oxygens (including phenoxy) is 1. The van der Waals surface area contributed by atoms with Crippen LogP contribution in [-0.2, 0) is 17.2 Å². The molecule has 2 heterocycles. The number of aromatic nitrogens is 2. The number of rotatable bonds is 7. The smallest absolute Gasteiger partial charge is 0.293 e. The number of halogens is 1. The standard InChI is InChI=1S/C34H36FN5O5/c1-34(2,3)23-12-8-21(9-13-23)31(42)38-27-7-5-6-26(29(27)35)28-19-39(4)33(44)30(37-28)36-24-14-10-22(11-15-24)32(43)40-16-17-45-25(18-40)20-41/h5-15,19,25,41H,16-18,20H2,1-4H3,(H,36,37)(H,38,42). The Labute approximate surface area is 260 Å². The van der Waals surface area contributed by atoms with Crippen molar-refractivity contribution in [3.05, 3.63) is 106 Å². The summed E-state index contributed by atoms with van der Waals surface area (Å²) in [5, 5.41) is 15.0. The van der Waals surface area contributed by atoms with Crippen LogP contribution in [0.1, 0.15) is 47.1 Å². The molecule has 1 aromatic heterocycles. The van der Waals surface area contributed by atoms with Crippen LogP contribution in [0.3, 0.4) is 0 Å². The molecule has 0 radical (unpaired) electrons. The predicted molar refractivity (Wildman–Crippen MR) is 170 cm³/mol. The molecular formula is C34H36FN5O5. The van der Waals surface area contributed by atoms with Crippen molar-refractivity contribution in [1.82, 2.24) is 14.5 Å². The van der Waals surface area contributed by atoms with E-state index in [-0.39, 0.29) is 40.7 Å². The molecule has 1 aliphatic heterocycles. The summed E-state index contributed by atoms with van der Waals surface area (Å²) in [5.74, 6) is -1.38. The van der Waals surface area contributed by atoms with Gasteiger partial charge >= 0.3 is 0 Å². The Hall–Kier alpha value is -4.87. The molecule has 1 aliphatic rings. The number of carbonyl (C=O) groups is 2. The Bertz CT molecular complexity index is 1760. The second kappa shape index (κ2) is 13.0. The van der Waals surface area contributed by atoms with Crippen LogP contribution in [-0.4, -0.2) is 63.8 Å². The third kappa shape index (κ3) is 7.11. The number of benzene rings is 3. The number of aliphatic hydroxyl groups is 1. The van der Waals surface area contributed by atoms with Gasteiger partial charge in [0.2, 0.25) is 0 Å². The Morgan fingerprint density at radius 2 is 1.73 bits per heavy atom. The highest BCUT2D eigenvalue weighted by atomic mass is 19.1. The molecule has 4 aromatic rings. The molecule has 10 nitrogen and oxygen atoms in total. The molecule has 0 saturated carbocycles. The van der Waals surface area contributed by atoms with E-state index in [4.69, 9.17) is 4.74 Å². The molecule has 11 heteroatoms. The fourth-order valence-corrected chi connectivity index (χ4v) is 4.99. The molecule has 0 aliphatic carbocycles. The molecule has 5 rings (SSSR count). The SMILES string of the molecule is Cn1cc(-c2cccc(NC(=O)c3ccc(C(C)(C)C)cc3)c2F)nc(Nc2ccc(C(=O)N3CCOC(CO)C3)cc2)c1=O. The summed E-state index contributed by atoms with van der Waals surface area (Å²) in [5.41, 5.74) is 2.17. The zero-order valence-corrected chi connectivity index (χ0v) is 25.6. The third-order valence-electron chi connectivity index (χ3n) is 7.63. The Morgan fingerprint density at radius 3 is 2.40 bits per heavy atom. The lowest BCUT2D eigenvalue weighted by Crippen LogP contribution is -2.46. The van der Waals surface area contributed by atoms with Gasteiger partial charge in [0.05, 0.1) is 30.7 Å². The number of hydrogen-bond donors (Lipinski definition) is 3. The fourth-order valence-electron chi connectivity index (χ4n) is 4.99. The summed E-state index contributed by atoms with van der Waals surface area (Å²) >= 11 is 0. The molecule has 234 valence electrons. The molecule has 3 N–H and O–H groups in total. The van der Waals surface area contributed by atoms with E-state index in [1.54, 1.807) is 47.4 Å². The number of amides is 2. The number of morpholine rings is 1. The first-order valence-corrected chi connectivity index (χ1v) is 14.6. The van der Waals surface area contributed by atoms with E-state index in [1.165, 1.54) is 29.9 Å². The molecule has 1 atom stereocenters. The summed E-state index contributed by atoms with van der Waals surface area (Å²) in [6.07, 6.45) is 1.01. The van der Waals surface area contributed by atoms with Crippen LogP contribution >= 0.6 is 0 Å². The number of aliphatic hydroxyl groups excluding tert-OH is 1. The van der Waals surface area contributed by atoms with Gasteiger partial charge in [0.15, 0.2) is 11.6 Å². The van der Waals surface area contributed by atoms with E-state index in [1.807, 2.05) is 12.1 Å². The zero-order chi connectivity index (χ0) is 32.3. The lowest BCUT2D eigenvalue weighted by Gasteiger charge is -2.32. The summed E-state index contributed by atoms with van der Waals surface area (Å²) in [6, 6.07) is 18.3. The van der Waals surface area contributed by atoms with E-state index >= 15 is 4.39 Å². The zero-order valence-electron chi connectivity index (χ0n) is 25.6. The minimum Gasteiger partial charge on any atom is -0.394 e. The van der Waals surface area contributed by atoms with Gasteiger partial charge in [0.1, 0.15) is 0 Å². The van der Waals surface area contributed by atoms with Crippen molar-refractivity contribution in [2.45, 2.75) is 32.3 Å².